The molecule has 146 valence electrons. The van der Waals surface area contributed by atoms with E-state index in [-0.39, 0.29) is 41.7 Å². The van der Waals surface area contributed by atoms with Gasteiger partial charge in [0.25, 0.3) is 0 Å². The molecule has 2 saturated carbocycles. The van der Waals surface area contributed by atoms with E-state index in [1.807, 2.05) is 17.0 Å². The van der Waals surface area contributed by atoms with Gasteiger partial charge in [0.2, 0.25) is 5.91 Å². The molecular weight excluding hydrogens is 356 g/mol. The van der Waals surface area contributed by atoms with Crippen LogP contribution >= 0.6 is 0 Å². The zero-order valence-electron chi connectivity index (χ0n) is 15.8. The van der Waals surface area contributed by atoms with Crippen molar-refractivity contribution in [3.63, 3.8) is 0 Å². The number of anilines is 1. The predicted octanol–water partition coefficient (Wildman–Crippen LogP) is 1.16. The monoisotopic (exact) mass is 380 g/mol. The zero-order chi connectivity index (χ0) is 19.0. The van der Waals surface area contributed by atoms with Crippen LogP contribution < -0.4 is 4.90 Å². The van der Waals surface area contributed by atoms with Crippen molar-refractivity contribution in [1.82, 2.24) is 4.90 Å². The highest BCUT2D eigenvalue weighted by molar-refractivity contribution is 6.01. The summed E-state index contributed by atoms with van der Waals surface area (Å²) in [6.45, 7) is 1.38. The van der Waals surface area contributed by atoms with Gasteiger partial charge in [-0.1, -0.05) is 18.2 Å². The van der Waals surface area contributed by atoms with Gasteiger partial charge in [-0.05, 0) is 49.6 Å². The number of hydrogen-bond acceptors (Lipinski definition) is 5. The van der Waals surface area contributed by atoms with Gasteiger partial charge in [-0.25, -0.2) is 0 Å². The van der Waals surface area contributed by atoms with E-state index in [1.165, 1.54) is 5.57 Å². The van der Waals surface area contributed by atoms with Crippen LogP contribution in [0.15, 0.2) is 29.8 Å². The maximum atomic E-state index is 13.3. The van der Waals surface area contributed by atoms with Gasteiger partial charge >= 0.3 is 0 Å². The maximum absolute atomic E-state index is 13.3. The molecule has 6 heteroatoms. The van der Waals surface area contributed by atoms with Gasteiger partial charge in [0.05, 0.1) is 47.9 Å². The van der Waals surface area contributed by atoms with Crippen LogP contribution in [-0.2, 0) is 14.9 Å². The highest BCUT2D eigenvalue weighted by Crippen LogP contribution is 2.71. The molecule has 1 spiro atoms. The standard InChI is InChI=1S/C22H24N2O4/c1-23-7-6-21-13-3-2-4-14(25)18(13)24-16(26)9-15-17(20(21)24)12-10-22(21,27)19(23)11(12)5-8-28-15/h2-5,12,15,17,19-20,25,27H,6-10H2,1H3/t12-,15-,17-,19-,20-,21-,22-/m0/s1. The summed E-state index contributed by atoms with van der Waals surface area (Å²) in [4.78, 5) is 17.5. The lowest BCUT2D eigenvalue weighted by molar-refractivity contribution is -0.163. The van der Waals surface area contributed by atoms with Crippen molar-refractivity contribution in [3.05, 3.63) is 35.4 Å². The number of amides is 1. The number of para-hydroxylation sites is 1. The third kappa shape index (κ3) is 1.39. The molecule has 6 bridgehead atoms. The molecule has 2 aliphatic carbocycles. The van der Waals surface area contributed by atoms with Crippen LogP contribution in [0.1, 0.15) is 24.8 Å². The molecule has 0 aromatic heterocycles. The molecule has 7 atom stereocenters. The SMILES string of the molecule is CN1CC[C@@]23c4cccc(O)c4N4C(=O)C[C@@H]5OCC=C6[C@H]1[C@@]2(O)C[C@@H]6[C@@H]5[C@H]43. The normalized spacial score (nSPS) is 47.6. The van der Waals surface area contributed by atoms with Crippen LogP contribution in [0.2, 0.25) is 0 Å². The fourth-order valence-electron chi connectivity index (χ4n) is 8.15. The zero-order valence-corrected chi connectivity index (χ0v) is 15.8. The second kappa shape index (κ2) is 4.64. The summed E-state index contributed by atoms with van der Waals surface area (Å²) in [7, 11) is 2.10. The van der Waals surface area contributed by atoms with Gasteiger partial charge in [-0.2, -0.15) is 0 Å². The van der Waals surface area contributed by atoms with E-state index in [2.05, 4.69) is 18.0 Å². The Labute approximate surface area is 163 Å². The second-order valence-electron chi connectivity index (χ2n) is 9.58. The van der Waals surface area contributed by atoms with E-state index in [0.29, 0.717) is 25.1 Å². The van der Waals surface area contributed by atoms with Crippen molar-refractivity contribution < 1.29 is 19.7 Å². The first-order valence-corrected chi connectivity index (χ1v) is 10.4. The van der Waals surface area contributed by atoms with Crippen molar-refractivity contribution in [2.75, 3.05) is 25.1 Å². The highest BCUT2D eigenvalue weighted by Gasteiger charge is 2.79. The molecule has 1 amide bonds. The third-order valence-electron chi connectivity index (χ3n) is 8.85. The number of benzene rings is 1. The number of fused-ring (bicyclic) bond motifs is 2. The van der Waals surface area contributed by atoms with E-state index < -0.39 is 11.0 Å². The second-order valence-corrected chi connectivity index (χ2v) is 9.58. The number of carbonyl (C=O) groups is 1. The summed E-state index contributed by atoms with van der Waals surface area (Å²) < 4.78 is 6.21. The average Bonchev–Trinajstić information content (AvgIpc) is 3.06. The minimum Gasteiger partial charge on any atom is -0.506 e. The third-order valence-corrected chi connectivity index (χ3v) is 8.85. The van der Waals surface area contributed by atoms with Gasteiger partial charge in [-0.15, -0.1) is 0 Å². The predicted molar refractivity (Wildman–Crippen MR) is 101 cm³/mol. The number of hydrogen-bond donors (Lipinski definition) is 2. The number of ether oxygens (including phenoxy) is 1. The Balaban J connectivity index is 1.61. The molecule has 2 saturated heterocycles. The number of phenols is 1. The van der Waals surface area contributed by atoms with Crippen LogP contribution in [0.25, 0.3) is 0 Å². The molecular formula is C22H24N2O4. The lowest BCUT2D eigenvalue weighted by Gasteiger charge is -2.61. The minimum absolute atomic E-state index is 0.00898. The molecule has 0 unspecified atom stereocenters. The first kappa shape index (κ1) is 16.0. The van der Waals surface area contributed by atoms with Gasteiger partial charge in [-0.3, -0.25) is 9.69 Å². The molecule has 0 radical (unpaired) electrons. The summed E-state index contributed by atoms with van der Waals surface area (Å²) in [5.74, 6) is 0.547. The first-order valence-electron chi connectivity index (χ1n) is 10.4. The van der Waals surface area contributed by atoms with Gasteiger partial charge in [0, 0.05) is 5.92 Å². The van der Waals surface area contributed by atoms with Crippen LogP contribution in [0.5, 0.6) is 5.75 Å². The molecule has 4 aliphatic heterocycles. The number of nitrogens with zero attached hydrogens (tertiary/aromatic N) is 2. The Kier molecular flexibility index (Phi) is 2.64. The number of likely N-dealkylation sites (N-methyl/N-ethyl adjacent to an activating group) is 1. The van der Waals surface area contributed by atoms with E-state index in [0.717, 1.165) is 18.5 Å². The van der Waals surface area contributed by atoms with Gasteiger partial charge < -0.3 is 19.8 Å². The molecule has 6 aliphatic rings. The Morgan fingerprint density at radius 1 is 1.32 bits per heavy atom. The molecule has 1 aromatic rings. The number of carbonyl (C=O) groups excluding carboxylic acids is 1. The maximum Gasteiger partial charge on any atom is 0.230 e. The van der Waals surface area contributed by atoms with Crippen LogP contribution in [0.4, 0.5) is 5.69 Å². The average molecular weight is 380 g/mol. The summed E-state index contributed by atoms with van der Waals surface area (Å²) in [5.41, 5.74) is 1.41. The number of likely N-dealkylation sites (tertiary alicyclic amines) is 1. The fraction of sp³-hybridized carbons (Fsp3) is 0.591. The number of aliphatic hydroxyl groups is 1. The molecule has 28 heavy (non-hydrogen) atoms. The molecule has 4 fully saturated rings. The van der Waals surface area contributed by atoms with E-state index in [1.54, 1.807) is 6.07 Å². The lowest BCUT2D eigenvalue weighted by atomic mass is 9.51. The smallest absolute Gasteiger partial charge is 0.230 e. The van der Waals surface area contributed by atoms with E-state index >= 15 is 0 Å². The van der Waals surface area contributed by atoms with Crippen molar-refractivity contribution in [2.45, 2.75) is 48.5 Å². The number of phenolic OH excluding ortho intramolecular Hbond substituents is 1. The number of aromatic hydroxyl groups is 1. The topological polar surface area (TPSA) is 73.2 Å². The van der Waals surface area contributed by atoms with E-state index in [4.69, 9.17) is 4.74 Å². The Morgan fingerprint density at radius 2 is 2.18 bits per heavy atom. The molecule has 2 N–H and O–H groups in total. The molecule has 1 aromatic carbocycles. The molecule has 4 heterocycles. The Hall–Kier alpha value is -1.89. The number of rotatable bonds is 0. The van der Waals surface area contributed by atoms with E-state index in [9.17, 15) is 15.0 Å². The van der Waals surface area contributed by atoms with Gasteiger partial charge in [0.15, 0.2) is 0 Å². The van der Waals surface area contributed by atoms with Crippen molar-refractivity contribution in [1.29, 1.82) is 0 Å². The first-order chi connectivity index (χ1) is 13.5. The summed E-state index contributed by atoms with van der Waals surface area (Å²) in [6, 6.07) is 5.35. The Bertz CT molecular complexity index is 975. The van der Waals surface area contributed by atoms with Gasteiger partial charge in [0.1, 0.15) is 5.75 Å². The van der Waals surface area contributed by atoms with Crippen molar-refractivity contribution in [2.24, 2.45) is 11.8 Å². The largest absolute Gasteiger partial charge is 0.506 e. The number of piperidine rings is 2. The summed E-state index contributed by atoms with van der Waals surface area (Å²) in [5, 5.41) is 23.1. The molecule has 7 rings (SSSR count). The Morgan fingerprint density at radius 3 is 3.04 bits per heavy atom. The molecule has 6 nitrogen and oxygen atoms in total. The van der Waals surface area contributed by atoms with Crippen LogP contribution in [0, 0.1) is 11.8 Å². The van der Waals surface area contributed by atoms with Crippen LogP contribution in [0.3, 0.4) is 0 Å². The van der Waals surface area contributed by atoms with Crippen molar-refractivity contribution >= 4 is 11.6 Å². The van der Waals surface area contributed by atoms with Crippen molar-refractivity contribution in [3.8, 4) is 5.75 Å². The summed E-state index contributed by atoms with van der Waals surface area (Å²) >= 11 is 0. The highest BCUT2D eigenvalue weighted by atomic mass is 16.5. The lowest BCUT2D eigenvalue weighted by Crippen LogP contribution is -2.74. The van der Waals surface area contributed by atoms with Crippen LogP contribution in [-0.4, -0.2) is 65.0 Å². The minimum atomic E-state index is -0.936. The quantitative estimate of drug-likeness (QED) is 0.661. The summed E-state index contributed by atoms with van der Waals surface area (Å²) in [6.07, 6.45) is 3.91. The fourth-order valence-corrected chi connectivity index (χ4v) is 8.15.